The van der Waals surface area contributed by atoms with Crippen LogP contribution in [0.2, 0.25) is 0 Å². The highest BCUT2D eigenvalue weighted by atomic mass is 16.5. The topological polar surface area (TPSA) is 193 Å². The van der Waals surface area contributed by atoms with Gasteiger partial charge >= 0.3 is 12.2 Å². The SMILES string of the molecule is CC[C@H](C)C(NC(=O)OC)C(=O)N1C[C@@H](C)C[C@H]1c1ncc(-c2ccc3c(c2)COc2cc4c(ccc5[nH]c([C@@H]6C[C@H](COC)CN6C(=O)C(NC(=O)OC)[C@@H](C)CC)nc54)cc2-3)[nH]1. The lowest BCUT2D eigenvalue weighted by molar-refractivity contribution is -0.136. The molecule has 0 spiro atoms. The van der Waals surface area contributed by atoms with Crippen LogP contribution in [0.3, 0.4) is 0 Å². The molecule has 8 atom stereocenters. The first kappa shape index (κ1) is 44.4. The minimum atomic E-state index is -0.748. The number of aromatic amines is 2. The molecular formula is C48H60N8O8. The van der Waals surface area contributed by atoms with Gasteiger partial charge in [0.05, 0.1) is 55.8 Å². The molecule has 2 fully saturated rings. The van der Waals surface area contributed by atoms with Gasteiger partial charge in [0.1, 0.15) is 36.1 Å². The molecule has 3 aromatic carbocycles. The van der Waals surface area contributed by atoms with E-state index in [1.807, 2.05) is 49.8 Å². The summed E-state index contributed by atoms with van der Waals surface area (Å²) in [5.41, 5.74) is 6.52. The first-order valence-electron chi connectivity index (χ1n) is 22.4. The van der Waals surface area contributed by atoms with Crippen molar-refractivity contribution in [2.24, 2.45) is 23.7 Å². The van der Waals surface area contributed by atoms with E-state index in [-0.39, 0.29) is 47.6 Å². The number of hydrogen-bond acceptors (Lipinski definition) is 10. The zero-order valence-electron chi connectivity index (χ0n) is 37.9. The Bertz CT molecular complexity index is 2550. The average molecular weight is 877 g/mol. The van der Waals surface area contributed by atoms with Crippen molar-refractivity contribution in [3.63, 3.8) is 0 Å². The van der Waals surface area contributed by atoms with Gasteiger partial charge in [-0.15, -0.1) is 0 Å². The fraction of sp³-hybridized carbons (Fsp3) is 0.500. The van der Waals surface area contributed by atoms with Crippen molar-refractivity contribution in [3.05, 3.63) is 65.9 Å². The zero-order chi connectivity index (χ0) is 45.4. The lowest BCUT2D eigenvalue weighted by Crippen LogP contribution is -2.51. The Labute approximate surface area is 373 Å². The van der Waals surface area contributed by atoms with Crippen LogP contribution in [-0.4, -0.2) is 107 Å². The van der Waals surface area contributed by atoms with Crippen molar-refractivity contribution in [1.29, 1.82) is 0 Å². The number of likely N-dealkylation sites (tertiary alicyclic amines) is 2. The van der Waals surface area contributed by atoms with Gasteiger partial charge < -0.3 is 49.3 Å². The summed E-state index contributed by atoms with van der Waals surface area (Å²) in [6.45, 7) is 11.9. The average Bonchev–Trinajstić information content (AvgIpc) is 4.14. The highest BCUT2D eigenvalue weighted by Crippen LogP contribution is 2.44. The Morgan fingerprint density at radius 2 is 1.50 bits per heavy atom. The second-order valence-corrected chi connectivity index (χ2v) is 17.9. The Balaban J connectivity index is 1.05. The molecule has 16 nitrogen and oxygen atoms in total. The third-order valence-electron chi connectivity index (χ3n) is 13.6. The van der Waals surface area contributed by atoms with Crippen LogP contribution in [0.5, 0.6) is 5.75 Å². The molecule has 2 unspecified atom stereocenters. The lowest BCUT2D eigenvalue weighted by atomic mass is 9.92. The van der Waals surface area contributed by atoms with Gasteiger partial charge in [0.15, 0.2) is 0 Å². The number of hydrogen-bond donors (Lipinski definition) is 4. The number of imidazole rings is 2. The summed E-state index contributed by atoms with van der Waals surface area (Å²) in [4.78, 5) is 73.4. The molecule has 3 aliphatic heterocycles. The summed E-state index contributed by atoms with van der Waals surface area (Å²) in [5, 5.41) is 7.49. The van der Waals surface area contributed by atoms with Crippen molar-refractivity contribution in [2.45, 2.75) is 91.1 Å². The second-order valence-electron chi connectivity index (χ2n) is 17.9. The monoisotopic (exact) mass is 876 g/mol. The molecule has 5 aromatic rings. The molecule has 0 aliphatic carbocycles. The summed E-state index contributed by atoms with van der Waals surface area (Å²) in [7, 11) is 4.26. The van der Waals surface area contributed by atoms with Crippen LogP contribution in [0.1, 0.15) is 89.6 Å². The maximum atomic E-state index is 14.2. The van der Waals surface area contributed by atoms with Crippen LogP contribution in [0, 0.1) is 23.7 Å². The van der Waals surface area contributed by atoms with Gasteiger partial charge in [0.25, 0.3) is 0 Å². The fourth-order valence-corrected chi connectivity index (χ4v) is 9.71. The van der Waals surface area contributed by atoms with E-state index >= 15 is 0 Å². The van der Waals surface area contributed by atoms with E-state index in [0.29, 0.717) is 50.8 Å². The lowest BCUT2D eigenvalue weighted by Gasteiger charge is -2.30. The number of carbonyl (C=O) groups is 4. The first-order chi connectivity index (χ1) is 30.8. The Hall–Kier alpha value is -6.16. The Kier molecular flexibility index (Phi) is 12.9. The van der Waals surface area contributed by atoms with Crippen molar-refractivity contribution in [3.8, 4) is 28.1 Å². The molecule has 2 saturated heterocycles. The van der Waals surface area contributed by atoms with Gasteiger partial charge in [0.2, 0.25) is 11.8 Å². The summed E-state index contributed by atoms with van der Waals surface area (Å²) >= 11 is 0. The number of fused-ring (bicyclic) bond motifs is 6. The predicted molar refractivity (Wildman–Crippen MR) is 241 cm³/mol. The van der Waals surface area contributed by atoms with Gasteiger partial charge in [-0.05, 0) is 76.9 Å². The number of nitrogens with zero attached hydrogens (tertiary/aromatic N) is 4. The Morgan fingerprint density at radius 3 is 2.16 bits per heavy atom. The minimum absolute atomic E-state index is 0.0792. The van der Waals surface area contributed by atoms with Crippen molar-refractivity contribution in [2.75, 3.05) is 41.0 Å². The molecule has 0 bridgehead atoms. The number of carbonyl (C=O) groups excluding carboxylic acids is 4. The van der Waals surface area contributed by atoms with Gasteiger partial charge in [-0.3, -0.25) is 9.59 Å². The second kappa shape index (κ2) is 18.5. The molecule has 16 heteroatoms. The minimum Gasteiger partial charge on any atom is -0.488 e. The first-order valence-corrected chi connectivity index (χ1v) is 22.4. The molecular weight excluding hydrogens is 817 g/mol. The number of ether oxygens (including phenoxy) is 4. The van der Waals surface area contributed by atoms with Gasteiger partial charge in [-0.25, -0.2) is 19.6 Å². The molecule has 0 saturated carbocycles. The number of rotatable bonds is 13. The van der Waals surface area contributed by atoms with Crippen LogP contribution in [0.4, 0.5) is 9.59 Å². The van der Waals surface area contributed by atoms with Gasteiger partial charge in [-0.1, -0.05) is 65.7 Å². The number of nitrogens with one attached hydrogen (secondary N) is 4. The number of alkyl carbamates (subject to hydrolysis) is 2. The van der Waals surface area contributed by atoms with E-state index in [1.54, 1.807) is 7.11 Å². The molecule has 4 amide bonds. The largest absolute Gasteiger partial charge is 0.488 e. The van der Waals surface area contributed by atoms with Crippen LogP contribution in [0.15, 0.2) is 48.7 Å². The number of benzene rings is 3. The molecule has 8 rings (SSSR count). The van der Waals surface area contributed by atoms with Gasteiger partial charge in [-0.2, -0.15) is 0 Å². The van der Waals surface area contributed by atoms with E-state index < -0.39 is 24.3 Å². The van der Waals surface area contributed by atoms with Crippen molar-refractivity contribution < 1.29 is 38.1 Å². The zero-order valence-corrected chi connectivity index (χ0v) is 37.9. The van der Waals surface area contributed by atoms with Crippen molar-refractivity contribution in [1.82, 2.24) is 40.4 Å². The third kappa shape index (κ3) is 8.47. The van der Waals surface area contributed by atoms with E-state index in [2.05, 4.69) is 63.9 Å². The van der Waals surface area contributed by atoms with E-state index in [4.69, 9.17) is 28.9 Å². The van der Waals surface area contributed by atoms with E-state index in [1.165, 1.54) is 14.2 Å². The standard InChI is InChI=1S/C48H60N8O8/c1-9-26(4)40(53-47(59)62-7)45(57)55-21-25(3)15-37(55)43-49-20-36(51-43)30-11-13-32-31(17-30)24-64-39-19-33-29(18-34(32)39)12-14-35-42(33)52-44(50-35)38-16-28(23-61-6)22-56(38)46(58)41(27(5)10-2)54-48(60)63-8/h11-14,17-20,25-28,37-38,40-41H,9-10,15-16,21-24H2,1-8H3,(H,49,51)(H,50,52)(H,53,59)(H,54,60)/t25-,26-,27-,28-,37-,38-,40?,41?/m0/s1. The fourth-order valence-electron chi connectivity index (χ4n) is 9.71. The molecule has 340 valence electrons. The molecule has 0 radical (unpaired) electrons. The van der Waals surface area contributed by atoms with E-state index in [0.717, 1.165) is 68.3 Å². The predicted octanol–water partition coefficient (Wildman–Crippen LogP) is 7.65. The molecule has 64 heavy (non-hydrogen) atoms. The highest BCUT2D eigenvalue weighted by Gasteiger charge is 2.43. The highest BCUT2D eigenvalue weighted by molar-refractivity contribution is 6.07. The summed E-state index contributed by atoms with van der Waals surface area (Å²) < 4.78 is 21.7. The quantitative estimate of drug-likeness (QED) is 0.0913. The maximum Gasteiger partial charge on any atom is 0.407 e. The molecule has 5 heterocycles. The van der Waals surface area contributed by atoms with Crippen LogP contribution in [-0.2, 0) is 30.4 Å². The normalized spacial score (nSPS) is 21.1. The number of methoxy groups -OCH3 is 3. The molecule has 3 aliphatic rings. The number of aromatic nitrogens is 4. The maximum absolute atomic E-state index is 14.2. The van der Waals surface area contributed by atoms with Crippen LogP contribution in [0.25, 0.3) is 44.2 Å². The molecule has 2 aromatic heterocycles. The Morgan fingerprint density at radius 1 is 0.828 bits per heavy atom. The molecule has 4 N–H and O–H groups in total. The van der Waals surface area contributed by atoms with Gasteiger partial charge in [0, 0.05) is 37.1 Å². The smallest absolute Gasteiger partial charge is 0.407 e. The van der Waals surface area contributed by atoms with Crippen LogP contribution < -0.4 is 15.4 Å². The summed E-state index contributed by atoms with van der Waals surface area (Å²) in [5.74, 6) is 2.00. The number of H-pyrrole nitrogens is 2. The van der Waals surface area contributed by atoms with Crippen molar-refractivity contribution >= 4 is 45.8 Å². The third-order valence-corrected chi connectivity index (χ3v) is 13.6. The van der Waals surface area contributed by atoms with Crippen LogP contribution >= 0.6 is 0 Å². The number of amides is 4. The van der Waals surface area contributed by atoms with E-state index in [9.17, 15) is 19.2 Å². The summed E-state index contributed by atoms with van der Waals surface area (Å²) in [6.07, 6.45) is 3.38. The summed E-state index contributed by atoms with van der Waals surface area (Å²) in [6, 6.07) is 12.6.